The summed E-state index contributed by atoms with van der Waals surface area (Å²) in [6, 6.07) is 11.5. The fourth-order valence-electron chi connectivity index (χ4n) is 1.90. The largest absolute Gasteiger partial charge is 0.477 e. The maximum atomic E-state index is 11.1. The van der Waals surface area contributed by atoms with Crippen LogP contribution < -0.4 is 0 Å². The lowest BCUT2D eigenvalue weighted by Crippen LogP contribution is -2.08. The van der Waals surface area contributed by atoms with E-state index in [0.29, 0.717) is 12.2 Å². The summed E-state index contributed by atoms with van der Waals surface area (Å²) in [5.41, 5.74) is 2.36. The molecule has 2 aromatic rings. The lowest BCUT2D eigenvalue weighted by atomic mass is 10.1. The van der Waals surface area contributed by atoms with E-state index in [4.69, 9.17) is 5.11 Å². The molecule has 0 aliphatic carbocycles. The molecule has 3 nitrogen and oxygen atoms in total. The average molecular weight is 341 g/mol. The van der Waals surface area contributed by atoms with Gasteiger partial charge in [0.2, 0.25) is 0 Å². The summed E-state index contributed by atoms with van der Waals surface area (Å²) >= 11 is 2.26. The quantitative estimate of drug-likeness (QED) is 0.869. The molecule has 1 heterocycles. The van der Waals surface area contributed by atoms with Crippen LogP contribution in [0.4, 0.5) is 0 Å². The Hall–Kier alpha value is -1.30. The van der Waals surface area contributed by atoms with Gasteiger partial charge in [-0.3, -0.25) is 0 Å². The number of halogens is 1. The number of aromatic nitrogens is 1. The van der Waals surface area contributed by atoms with Gasteiger partial charge in [-0.25, -0.2) is 4.79 Å². The standard InChI is InChI=1S/C13H12INO2/c1-2-15-11(7-8-12(15)13(16)17)9-5-3-4-6-10(9)14/h3-8H,2H2,1H3,(H,16,17). The van der Waals surface area contributed by atoms with Crippen LogP contribution in [0, 0.1) is 3.57 Å². The predicted octanol–water partition coefficient (Wildman–Crippen LogP) is 3.48. The molecule has 0 aliphatic rings. The number of carboxylic acid groups (broad SMARTS) is 1. The summed E-state index contributed by atoms with van der Waals surface area (Å²) in [5, 5.41) is 9.10. The van der Waals surface area contributed by atoms with Crippen molar-refractivity contribution in [3.8, 4) is 11.3 Å². The zero-order valence-electron chi connectivity index (χ0n) is 9.35. The number of rotatable bonds is 3. The van der Waals surface area contributed by atoms with Crippen molar-refractivity contribution in [3.63, 3.8) is 0 Å². The first kappa shape index (κ1) is 12.2. The number of carbonyl (C=O) groups is 1. The molecule has 1 aromatic heterocycles. The van der Waals surface area contributed by atoms with Crippen LogP contribution in [0.5, 0.6) is 0 Å². The van der Waals surface area contributed by atoms with Gasteiger partial charge >= 0.3 is 5.97 Å². The van der Waals surface area contributed by atoms with Crippen LogP contribution in [0.1, 0.15) is 17.4 Å². The molecule has 0 saturated heterocycles. The van der Waals surface area contributed by atoms with Crippen molar-refractivity contribution in [1.29, 1.82) is 0 Å². The molecule has 88 valence electrons. The van der Waals surface area contributed by atoms with E-state index in [9.17, 15) is 4.79 Å². The van der Waals surface area contributed by atoms with Crippen LogP contribution in [0.15, 0.2) is 36.4 Å². The second-order valence-electron chi connectivity index (χ2n) is 3.63. The zero-order chi connectivity index (χ0) is 12.4. The summed E-state index contributed by atoms with van der Waals surface area (Å²) in [5.74, 6) is -0.885. The maximum absolute atomic E-state index is 11.1. The smallest absolute Gasteiger partial charge is 0.352 e. The van der Waals surface area contributed by atoms with Gasteiger partial charge in [-0.1, -0.05) is 18.2 Å². The number of hydrogen-bond acceptors (Lipinski definition) is 1. The van der Waals surface area contributed by atoms with Crippen LogP contribution in [-0.2, 0) is 6.54 Å². The molecule has 0 spiro atoms. The molecule has 0 fully saturated rings. The molecule has 2 rings (SSSR count). The van der Waals surface area contributed by atoms with E-state index in [2.05, 4.69) is 22.6 Å². The average Bonchev–Trinajstić information content (AvgIpc) is 2.73. The second kappa shape index (κ2) is 4.91. The van der Waals surface area contributed by atoms with Crippen molar-refractivity contribution >= 4 is 28.6 Å². The third kappa shape index (κ3) is 2.22. The number of hydrogen-bond donors (Lipinski definition) is 1. The minimum atomic E-state index is -0.885. The van der Waals surface area contributed by atoms with Gasteiger partial charge in [0.15, 0.2) is 0 Å². The summed E-state index contributed by atoms with van der Waals surface area (Å²) < 4.78 is 2.94. The first-order valence-corrected chi connectivity index (χ1v) is 6.40. The number of benzene rings is 1. The molecule has 1 N–H and O–H groups in total. The van der Waals surface area contributed by atoms with E-state index < -0.39 is 5.97 Å². The van der Waals surface area contributed by atoms with Crippen molar-refractivity contribution in [1.82, 2.24) is 4.57 Å². The number of nitrogens with zero attached hydrogens (tertiary/aromatic N) is 1. The molecule has 17 heavy (non-hydrogen) atoms. The van der Waals surface area contributed by atoms with Gasteiger partial charge in [-0.15, -0.1) is 0 Å². The highest BCUT2D eigenvalue weighted by atomic mass is 127. The molecule has 1 aromatic carbocycles. The molecule has 0 atom stereocenters. The minimum Gasteiger partial charge on any atom is -0.477 e. The van der Waals surface area contributed by atoms with Gasteiger partial charge in [0.1, 0.15) is 5.69 Å². The highest BCUT2D eigenvalue weighted by molar-refractivity contribution is 14.1. The van der Waals surface area contributed by atoms with Gasteiger partial charge in [-0.05, 0) is 47.7 Å². The third-order valence-corrected chi connectivity index (χ3v) is 3.61. The van der Waals surface area contributed by atoms with Crippen molar-refractivity contribution in [2.45, 2.75) is 13.5 Å². The number of carboxylic acids is 1. The topological polar surface area (TPSA) is 42.2 Å². The molecule has 0 amide bonds. The van der Waals surface area contributed by atoms with Crippen molar-refractivity contribution in [3.05, 3.63) is 45.7 Å². The fraction of sp³-hybridized carbons (Fsp3) is 0.154. The Morgan fingerprint density at radius 1 is 1.29 bits per heavy atom. The van der Waals surface area contributed by atoms with Gasteiger partial charge in [-0.2, -0.15) is 0 Å². The molecule has 0 saturated carbocycles. The van der Waals surface area contributed by atoms with E-state index in [1.165, 1.54) is 0 Å². The highest BCUT2D eigenvalue weighted by Gasteiger charge is 2.14. The van der Waals surface area contributed by atoms with Crippen LogP contribution in [0.2, 0.25) is 0 Å². The minimum absolute atomic E-state index is 0.335. The van der Waals surface area contributed by atoms with Crippen LogP contribution in [0.3, 0.4) is 0 Å². The molecular weight excluding hydrogens is 329 g/mol. The molecule has 0 radical (unpaired) electrons. The highest BCUT2D eigenvalue weighted by Crippen LogP contribution is 2.27. The Morgan fingerprint density at radius 2 is 2.00 bits per heavy atom. The predicted molar refractivity (Wildman–Crippen MR) is 75.2 cm³/mol. The van der Waals surface area contributed by atoms with E-state index in [-0.39, 0.29) is 0 Å². The van der Waals surface area contributed by atoms with Crippen molar-refractivity contribution in [2.75, 3.05) is 0 Å². The summed E-state index contributed by atoms with van der Waals surface area (Å²) in [6.45, 7) is 2.60. The van der Waals surface area contributed by atoms with E-state index in [1.54, 1.807) is 6.07 Å². The summed E-state index contributed by atoms with van der Waals surface area (Å²) in [4.78, 5) is 11.1. The molecule has 0 bridgehead atoms. The Labute approximate surface area is 113 Å². The molecule has 0 unspecified atom stereocenters. The van der Waals surface area contributed by atoms with Gasteiger partial charge < -0.3 is 9.67 Å². The molecular formula is C13H12INO2. The number of aromatic carboxylic acids is 1. The van der Waals surface area contributed by atoms with Gasteiger partial charge in [0.05, 0.1) is 0 Å². The lowest BCUT2D eigenvalue weighted by Gasteiger charge is -2.10. The second-order valence-corrected chi connectivity index (χ2v) is 4.80. The first-order valence-electron chi connectivity index (χ1n) is 5.33. The Morgan fingerprint density at radius 3 is 2.59 bits per heavy atom. The van der Waals surface area contributed by atoms with E-state index in [0.717, 1.165) is 14.8 Å². The SMILES string of the molecule is CCn1c(C(=O)O)ccc1-c1ccccc1I. The van der Waals surface area contributed by atoms with Crippen molar-refractivity contribution in [2.24, 2.45) is 0 Å². The lowest BCUT2D eigenvalue weighted by molar-refractivity contribution is 0.0685. The monoisotopic (exact) mass is 341 g/mol. The molecule has 0 aliphatic heterocycles. The fourth-order valence-corrected chi connectivity index (χ4v) is 2.56. The summed E-state index contributed by atoms with van der Waals surface area (Å²) in [6.07, 6.45) is 0. The Bertz CT molecular complexity index is 560. The molecule has 4 heteroatoms. The van der Waals surface area contributed by atoms with Gasteiger partial charge in [0.25, 0.3) is 0 Å². The normalized spacial score (nSPS) is 10.5. The van der Waals surface area contributed by atoms with Crippen LogP contribution in [0.25, 0.3) is 11.3 Å². The third-order valence-electron chi connectivity index (χ3n) is 2.67. The first-order chi connectivity index (χ1) is 8.15. The van der Waals surface area contributed by atoms with Crippen molar-refractivity contribution < 1.29 is 9.90 Å². The zero-order valence-corrected chi connectivity index (χ0v) is 11.5. The summed E-state index contributed by atoms with van der Waals surface area (Å²) in [7, 11) is 0. The van der Waals surface area contributed by atoms with Crippen LogP contribution in [-0.4, -0.2) is 15.6 Å². The van der Waals surface area contributed by atoms with Crippen LogP contribution >= 0.6 is 22.6 Å². The maximum Gasteiger partial charge on any atom is 0.352 e. The van der Waals surface area contributed by atoms with Gasteiger partial charge in [0, 0.05) is 21.4 Å². The Kier molecular flexibility index (Phi) is 3.51. The Balaban J connectivity index is 2.61. The van der Waals surface area contributed by atoms with E-state index >= 15 is 0 Å². The van der Waals surface area contributed by atoms with E-state index in [1.807, 2.05) is 41.8 Å².